The number of pyridine rings is 1. The summed E-state index contributed by atoms with van der Waals surface area (Å²) in [5.74, 6) is 0.332. The van der Waals surface area contributed by atoms with Crippen LogP contribution < -0.4 is 4.74 Å². The van der Waals surface area contributed by atoms with Crippen molar-refractivity contribution in [3.63, 3.8) is 0 Å². The van der Waals surface area contributed by atoms with Crippen molar-refractivity contribution in [2.45, 2.75) is 20.5 Å². The Hall–Kier alpha value is -4.38. The number of aromatic nitrogens is 2. The van der Waals surface area contributed by atoms with Crippen LogP contribution in [0.3, 0.4) is 0 Å². The predicted molar refractivity (Wildman–Crippen MR) is 140 cm³/mol. The topological polar surface area (TPSA) is 52.8 Å². The molecule has 0 aliphatic rings. The maximum Gasteiger partial charge on any atom is 0.337 e. The molecule has 0 spiro atoms. The number of carbonyl (C=O) groups is 1. The van der Waals surface area contributed by atoms with Gasteiger partial charge in [0.2, 0.25) is 5.88 Å². The van der Waals surface area contributed by atoms with Crippen molar-refractivity contribution in [1.82, 2.24) is 9.38 Å². The summed E-state index contributed by atoms with van der Waals surface area (Å²) in [5, 5.41) is 0. The van der Waals surface area contributed by atoms with Crippen LogP contribution >= 0.6 is 0 Å². The van der Waals surface area contributed by atoms with Crippen LogP contribution in [-0.2, 0) is 11.3 Å². The highest BCUT2D eigenvalue weighted by molar-refractivity contribution is 5.90. The summed E-state index contributed by atoms with van der Waals surface area (Å²) in [4.78, 5) is 16.5. The van der Waals surface area contributed by atoms with Crippen molar-refractivity contribution >= 4 is 11.6 Å². The minimum absolute atomic E-state index is 0.362. The lowest BCUT2D eigenvalue weighted by molar-refractivity contribution is 0.0600. The molecule has 0 aliphatic carbocycles. The molecule has 35 heavy (non-hydrogen) atoms. The summed E-state index contributed by atoms with van der Waals surface area (Å²) >= 11 is 0. The molecule has 5 heteroatoms. The second kappa shape index (κ2) is 11.2. The number of rotatable bonds is 6. The van der Waals surface area contributed by atoms with E-state index in [0.717, 1.165) is 33.6 Å². The van der Waals surface area contributed by atoms with Gasteiger partial charge in [0.1, 0.15) is 12.3 Å². The van der Waals surface area contributed by atoms with E-state index in [9.17, 15) is 4.79 Å². The van der Waals surface area contributed by atoms with E-state index in [1.54, 1.807) is 12.1 Å². The number of hydrogen-bond donors (Lipinski definition) is 0. The number of methoxy groups -OCH3 is 1. The monoisotopic (exact) mass is 464 g/mol. The van der Waals surface area contributed by atoms with Crippen molar-refractivity contribution < 1.29 is 14.3 Å². The molecule has 0 bridgehead atoms. The van der Waals surface area contributed by atoms with E-state index < -0.39 is 0 Å². The minimum Gasteiger partial charge on any atom is -0.474 e. The molecule has 2 aromatic heterocycles. The number of imidazole rings is 1. The van der Waals surface area contributed by atoms with E-state index in [4.69, 9.17) is 9.47 Å². The first-order valence-electron chi connectivity index (χ1n) is 11.7. The van der Waals surface area contributed by atoms with Crippen molar-refractivity contribution in [3.8, 4) is 28.3 Å². The Morgan fingerprint density at radius 3 is 2.11 bits per heavy atom. The van der Waals surface area contributed by atoms with Crippen LogP contribution in [0, 0.1) is 0 Å². The molecule has 0 unspecified atom stereocenters. The standard InChI is InChI=1S/C28H22N2O3.C2H6/c1-32-28(31)23-14-12-22(13-15-23)25-18-29-26-16-24(21-10-6-3-7-11-21)17-27(30(25)26)33-19-20-8-4-2-5-9-20;1-2/h2-18H,19H2,1H3;1-2H3. The van der Waals surface area contributed by atoms with Gasteiger partial charge in [0.05, 0.1) is 24.6 Å². The van der Waals surface area contributed by atoms with Crippen LogP contribution in [0.4, 0.5) is 0 Å². The molecule has 0 saturated heterocycles. The molecule has 0 saturated carbocycles. The number of ether oxygens (including phenoxy) is 2. The smallest absolute Gasteiger partial charge is 0.337 e. The van der Waals surface area contributed by atoms with Crippen molar-refractivity contribution in [2.24, 2.45) is 0 Å². The van der Waals surface area contributed by atoms with Gasteiger partial charge in [-0.2, -0.15) is 0 Å². The molecule has 2 heterocycles. The van der Waals surface area contributed by atoms with E-state index in [0.29, 0.717) is 18.1 Å². The summed E-state index contributed by atoms with van der Waals surface area (Å²) in [5.41, 5.74) is 6.30. The Kier molecular flexibility index (Phi) is 7.58. The average Bonchev–Trinajstić information content (AvgIpc) is 3.38. The lowest BCUT2D eigenvalue weighted by Crippen LogP contribution is -2.03. The second-order valence-electron chi connectivity index (χ2n) is 7.63. The van der Waals surface area contributed by atoms with E-state index in [2.05, 4.69) is 23.2 Å². The number of hydrogen-bond acceptors (Lipinski definition) is 4. The zero-order valence-electron chi connectivity index (χ0n) is 20.1. The third-order valence-electron chi connectivity index (χ3n) is 5.51. The predicted octanol–water partition coefficient (Wildman–Crippen LogP) is 7.06. The molecule has 0 amide bonds. The van der Waals surface area contributed by atoms with Gasteiger partial charge in [-0.25, -0.2) is 9.78 Å². The Balaban J connectivity index is 0.00000141. The van der Waals surface area contributed by atoms with Crippen LogP contribution in [-0.4, -0.2) is 22.5 Å². The second-order valence-corrected chi connectivity index (χ2v) is 7.63. The highest BCUT2D eigenvalue weighted by Gasteiger charge is 2.15. The molecular weight excluding hydrogens is 436 g/mol. The summed E-state index contributed by atoms with van der Waals surface area (Å²) < 4.78 is 13.1. The first kappa shape index (κ1) is 23.8. The van der Waals surface area contributed by atoms with E-state index in [-0.39, 0.29) is 5.97 Å². The number of nitrogens with zero attached hydrogens (tertiary/aromatic N) is 2. The molecule has 5 nitrogen and oxygen atoms in total. The Bertz CT molecular complexity index is 1390. The summed E-state index contributed by atoms with van der Waals surface area (Å²) in [7, 11) is 1.38. The minimum atomic E-state index is -0.362. The van der Waals surface area contributed by atoms with Gasteiger partial charge in [-0.1, -0.05) is 86.6 Å². The highest BCUT2D eigenvalue weighted by Crippen LogP contribution is 2.31. The van der Waals surface area contributed by atoms with Crippen LogP contribution in [0.15, 0.2) is 103 Å². The normalized spacial score (nSPS) is 10.4. The third kappa shape index (κ3) is 5.25. The van der Waals surface area contributed by atoms with Crippen molar-refractivity contribution in [2.75, 3.05) is 7.11 Å². The van der Waals surface area contributed by atoms with Gasteiger partial charge in [0.15, 0.2) is 0 Å². The lowest BCUT2D eigenvalue weighted by atomic mass is 10.1. The van der Waals surface area contributed by atoms with Gasteiger partial charge in [0, 0.05) is 11.6 Å². The number of carbonyl (C=O) groups excluding carboxylic acids is 1. The molecular formula is C30H28N2O3. The molecule has 5 aromatic rings. The molecule has 176 valence electrons. The Labute approximate surface area is 205 Å². The number of esters is 1. The maximum absolute atomic E-state index is 11.8. The fourth-order valence-corrected chi connectivity index (χ4v) is 3.81. The molecule has 0 atom stereocenters. The lowest BCUT2D eigenvalue weighted by Gasteiger charge is -2.14. The van der Waals surface area contributed by atoms with Crippen molar-refractivity contribution in [3.05, 3.63) is 114 Å². The summed E-state index contributed by atoms with van der Waals surface area (Å²) in [6, 6.07) is 31.6. The first-order valence-corrected chi connectivity index (χ1v) is 11.7. The van der Waals surface area contributed by atoms with Gasteiger partial charge < -0.3 is 9.47 Å². The largest absolute Gasteiger partial charge is 0.474 e. The van der Waals surface area contributed by atoms with Gasteiger partial charge in [0.25, 0.3) is 0 Å². The average molecular weight is 465 g/mol. The van der Waals surface area contributed by atoms with Gasteiger partial charge in [-0.05, 0) is 34.9 Å². The molecule has 0 radical (unpaired) electrons. The van der Waals surface area contributed by atoms with E-state index in [1.807, 2.05) is 91.2 Å². The number of benzene rings is 3. The summed E-state index contributed by atoms with van der Waals surface area (Å²) in [6.45, 7) is 4.44. The van der Waals surface area contributed by atoms with Crippen molar-refractivity contribution in [1.29, 1.82) is 0 Å². The molecule has 3 aromatic carbocycles. The fourth-order valence-electron chi connectivity index (χ4n) is 3.81. The van der Waals surface area contributed by atoms with Gasteiger partial charge in [-0.3, -0.25) is 4.40 Å². The maximum atomic E-state index is 11.8. The van der Waals surface area contributed by atoms with Gasteiger partial charge in [-0.15, -0.1) is 0 Å². The fraction of sp³-hybridized carbons (Fsp3) is 0.133. The van der Waals surface area contributed by atoms with Crippen LogP contribution in [0.1, 0.15) is 29.8 Å². The molecule has 5 rings (SSSR count). The first-order chi connectivity index (χ1) is 17.2. The van der Waals surface area contributed by atoms with Crippen LogP contribution in [0.2, 0.25) is 0 Å². The molecule has 0 fully saturated rings. The Morgan fingerprint density at radius 2 is 1.46 bits per heavy atom. The molecule has 0 N–H and O–H groups in total. The number of fused-ring (bicyclic) bond motifs is 1. The highest BCUT2D eigenvalue weighted by atomic mass is 16.5. The molecule has 0 aliphatic heterocycles. The van der Waals surface area contributed by atoms with E-state index >= 15 is 0 Å². The summed E-state index contributed by atoms with van der Waals surface area (Å²) in [6.07, 6.45) is 1.83. The Morgan fingerprint density at radius 1 is 0.800 bits per heavy atom. The quantitative estimate of drug-likeness (QED) is 0.252. The van der Waals surface area contributed by atoms with E-state index in [1.165, 1.54) is 7.11 Å². The SMILES string of the molecule is CC.COC(=O)c1ccc(-c2cnc3cc(-c4ccccc4)cc(OCc4ccccc4)n23)cc1. The van der Waals surface area contributed by atoms with Gasteiger partial charge >= 0.3 is 5.97 Å². The van der Waals surface area contributed by atoms with Crippen LogP contribution in [0.25, 0.3) is 28.0 Å². The zero-order chi connectivity index (χ0) is 24.6. The van der Waals surface area contributed by atoms with Crippen LogP contribution in [0.5, 0.6) is 5.88 Å². The zero-order valence-corrected chi connectivity index (χ0v) is 20.1. The third-order valence-corrected chi connectivity index (χ3v) is 5.51.